The van der Waals surface area contributed by atoms with Crippen LogP contribution in [0, 0.1) is 0 Å². The van der Waals surface area contributed by atoms with Gasteiger partial charge in [-0.2, -0.15) is 18.2 Å². The monoisotopic (exact) mass is 318 g/mol. The van der Waals surface area contributed by atoms with E-state index in [9.17, 15) is 13.2 Å². The molecule has 2 aromatic rings. The molecule has 3 N–H and O–H groups in total. The van der Waals surface area contributed by atoms with E-state index in [0.29, 0.717) is 0 Å². The number of hydrogen-bond donors (Lipinski definition) is 2. The molecule has 0 aliphatic rings. The van der Waals surface area contributed by atoms with Gasteiger partial charge in [0.15, 0.2) is 5.82 Å². The summed E-state index contributed by atoms with van der Waals surface area (Å²) < 4.78 is 43.0. The average molecular weight is 319 g/mol. The molecule has 21 heavy (non-hydrogen) atoms. The first-order valence-electron chi connectivity index (χ1n) is 5.61. The normalized spacial score (nSPS) is 11.3. The lowest BCUT2D eigenvalue weighted by Crippen LogP contribution is -2.07. The van der Waals surface area contributed by atoms with Crippen molar-refractivity contribution in [3.8, 4) is 5.88 Å². The van der Waals surface area contributed by atoms with Gasteiger partial charge in [-0.3, -0.25) is 0 Å². The van der Waals surface area contributed by atoms with Gasteiger partial charge in [-0.25, -0.2) is 4.98 Å². The number of ether oxygens (including phenoxy) is 1. The standard InChI is InChI=1S/C12H10ClF3N4O/c1-21-11-9(17)10(18-5-19-11)20-8-4-6(12(14,15)16)2-3-7(8)13/h2-5H,17H2,1H3,(H,18,19,20). The van der Waals surface area contributed by atoms with Crippen LogP contribution in [0.5, 0.6) is 5.88 Å². The Morgan fingerprint density at radius 1 is 1.29 bits per heavy atom. The minimum Gasteiger partial charge on any atom is -0.479 e. The zero-order valence-corrected chi connectivity index (χ0v) is 11.5. The number of methoxy groups -OCH3 is 1. The van der Waals surface area contributed by atoms with Crippen molar-refractivity contribution in [3.05, 3.63) is 35.1 Å². The van der Waals surface area contributed by atoms with Crippen LogP contribution >= 0.6 is 11.6 Å². The van der Waals surface area contributed by atoms with Crippen LogP contribution in [0.4, 0.5) is 30.4 Å². The number of nitrogens with two attached hydrogens (primary N) is 1. The SMILES string of the molecule is COc1ncnc(Nc2cc(C(F)(F)F)ccc2Cl)c1N. The van der Waals surface area contributed by atoms with Crippen molar-refractivity contribution in [1.82, 2.24) is 9.97 Å². The first kappa shape index (κ1) is 15.2. The van der Waals surface area contributed by atoms with Gasteiger partial charge >= 0.3 is 6.18 Å². The largest absolute Gasteiger partial charge is 0.479 e. The van der Waals surface area contributed by atoms with Crippen molar-refractivity contribution < 1.29 is 17.9 Å². The quantitative estimate of drug-likeness (QED) is 0.906. The summed E-state index contributed by atoms with van der Waals surface area (Å²) in [6, 6.07) is 2.90. The van der Waals surface area contributed by atoms with Crippen molar-refractivity contribution >= 4 is 28.8 Å². The van der Waals surface area contributed by atoms with Crippen molar-refractivity contribution in [1.29, 1.82) is 0 Å². The smallest absolute Gasteiger partial charge is 0.416 e. The number of hydrogen-bond acceptors (Lipinski definition) is 5. The summed E-state index contributed by atoms with van der Waals surface area (Å²) in [5.74, 6) is 0.207. The van der Waals surface area contributed by atoms with E-state index >= 15 is 0 Å². The molecular weight excluding hydrogens is 309 g/mol. The van der Waals surface area contributed by atoms with Crippen LogP contribution < -0.4 is 15.8 Å². The molecular formula is C12H10ClF3N4O. The summed E-state index contributed by atoms with van der Waals surface area (Å²) in [7, 11) is 1.36. The van der Waals surface area contributed by atoms with Crippen LogP contribution in [-0.4, -0.2) is 17.1 Å². The van der Waals surface area contributed by atoms with Gasteiger partial charge in [-0.05, 0) is 18.2 Å². The maximum Gasteiger partial charge on any atom is 0.416 e. The van der Waals surface area contributed by atoms with E-state index in [1.165, 1.54) is 13.4 Å². The molecule has 0 spiro atoms. The molecule has 0 radical (unpaired) electrons. The maximum absolute atomic E-state index is 12.7. The highest BCUT2D eigenvalue weighted by atomic mass is 35.5. The third-order valence-electron chi connectivity index (χ3n) is 2.59. The van der Waals surface area contributed by atoms with Gasteiger partial charge in [0.2, 0.25) is 5.88 Å². The molecule has 2 rings (SSSR count). The molecule has 112 valence electrons. The molecule has 0 bridgehead atoms. The van der Waals surface area contributed by atoms with Crippen LogP contribution in [0.15, 0.2) is 24.5 Å². The van der Waals surface area contributed by atoms with E-state index < -0.39 is 11.7 Å². The molecule has 0 saturated carbocycles. The second kappa shape index (κ2) is 5.65. The number of alkyl halides is 3. The molecule has 0 fully saturated rings. The van der Waals surface area contributed by atoms with Crippen molar-refractivity contribution in [2.45, 2.75) is 6.18 Å². The molecule has 1 aromatic carbocycles. The molecule has 0 atom stereocenters. The number of benzene rings is 1. The minimum atomic E-state index is -4.48. The topological polar surface area (TPSA) is 73.1 Å². The third-order valence-corrected chi connectivity index (χ3v) is 2.92. The van der Waals surface area contributed by atoms with E-state index in [1.807, 2.05) is 0 Å². The summed E-state index contributed by atoms with van der Waals surface area (Å²) in [5, 5.41) is 2.74. The summed E-state index contributed by atoms with van der Waals surface area (Å²) in [4.78, 5) is 7.61. The van der Waals surface area contributed by atoms with E-state index in [0.717, 1.165) is 18.2 Å². The van der Waals surface area contributed by atoms with E-state index in [2.05, 4.69) is 15.3 Å². The van der Waals surface area contributed by atoms with Crippen molar-refractivity contribution in [2.75, 3.05) is 18.2 Å². The molecule has 0 amide bonds. The molecule has 0 aliphatic heterocycles. The summed E-state index contributed by atoms with van der Waals surface area (Å²) >= 11 is 5.88. The Bertz CT molecular complexity index is 663. The van der Waals surface area contributed by atoms with Gasteiger partial charge in [0.25, 0.3) is 0 Å². The lowest BCUT2D eigenvalue weighted by molar-refractivity contribution is -0.137. The number of halogens is 4. The fourth-order valence-electron chi connectivity index (χ4n) is 1.57. The Kier molecular flexibility index (Phi) is 4.08. The zero-order valence-electron chi connectivity index (χ0n) is 10.7. The Balaban J connectivity index is 2.40. The van der Waals surface area contributed by atoms with Gasteiger partial charge in [0, 0.05) is 0 Å². The summed E-state index contributed by atoms with van der Waals surface area (Å²) in [6.45, 7) is 0. The summed E-state index contributed by atoms with van der Waals surface area (Å²) in [5.41, 5.74) is 4.99. The Morgan fingerprint density at radius 2 is 2.00 bits per heavy atom. The molecule has 0 unspecified atom stereocenters. The van der Waals surface area contributed by atoms with Gasteiger partial charge in [0.1, 0.15) is 12.0 Å². The molecule has 9 heteroatoms. The number of nitrogens with one attached hydrogen (secondary N) is 1. The van der Waals surface area contributed by atoms with E-state index in [4.69, 9.17) is 22.1 Å². The first-order chi connectivity index (χ1) is 9.82. The molecule has 1 aromatic heterocycles. The van der Waals surface area contributed by atoms with E-state index in [-0.39, 0.29) is 28.1 Å². The number of aromatic nitrogens is 2. The van der Waals surface area contributed by atoms with Crippen molar-refractivity contribution in [2.24, 2.45) is 0 Å². The van der Waals surface area contributed by atoms with Gasteiger partial charge in [-0.15, -0.1) is 0 Å². The van der Waals surface area contributed by atoms with Crippen molar-refractivity contribution in [3.63, 3.8) is 0 Å². The number of rotatable bonds is 3. The first-order valence-corrected chi connectivity index (χ1v) is 5.99. The Hall–Kier alpha value is -2.22. The Labute approximate surface area is 122 Å². The van der Waals surface area contributed by atoms with Crippen LogP contribution in [-0.2, 0) is 6.18 Å². The molecule has 5 nitrogen and oxygen atoms in total. The predicted octanol–water partition coefficient (Wildman–Crippen LogP) is 3.48. The maximum atomic E-state index is 12.7. The van der Waals surface area contributed by atoms with Gasteiger partial charge in [0.05, 0.1) is 23.4 Å². The van der Waals surface area contributed by atoms with Crippen LogP contribution in [0.25, 0.3) is 0 Å². The third kappa shape index (κ3) is 3.27. The van der Waals surface area contributed by atoms with Crippen LogP contribution in [0.1, 0.15) is 5.56 Å². The lowest BCUT2D eigenvalue weighted by Gasteiger charge is -2.13. The number of anilines is 3. The zero-order chi connectivity index (χ0) is 15.6. The summed E-state index contributed by atoms with van der Waals surface area (Å²) in [6.07, 6.45) is -3.31. The van der Waals surface area contributed by atoms with Gasteiger partial charge < -0.3 is 15.8 Å². The fraction of sp³-hybridized carbons (Fsp3) is 0.167. The van der Waals surface area contributed by atoms with Crippen LogP contribution in [0.3, 0.4) is 0 Å². The van der Waals surface area contributed by atoms with Crippen LogP contribution in [0.2, 0.25) is 5.02 Å². The second-order valence-electron chi connectivity index (χ2n) is 3.96. The molecule has 1 heterocycles. The lowest BCUT2D eigenvalue weighted by atomic mass is 10.2. The molecule has 0 aliphatic carbocycles. The highest BCUT2D eigenvalue weighted by Gasteiger charge is 2.31. The fourth-order valence-corrected chi connectivity index (χ4v) is 1.73. The number of nitrogen functional groups attached to an aromatic ring is 1. The van der Waals surface area contributed by atoms with Gasteiger partial charge in [-0.1, -0.05) is 11.6 Å². The second-order valence-corrected chi connectivity index (χ2v) is 4.37. The highest BCUT2D eigenvalue weighted by molar-refractivity contribution is 6.33. The average Bonchev–Trinajstić information content (AvgIpc) is 2.42. The predicted molar refractivity (Wildman–Crippen MR) is 72.7 cm³/mol. The minimum absolute atomic E-state index is 0.0268. The van der Waals surface area contributed by atoms with E-state index in [1.54, 1.807) is 0 Å². The molecule has 0 saturated heterocycles. The number of nitrogens with zero attached hydrogens (tertiary/aromatic N) is 2. The Morgan fingerprint density at radius 3 is 2.62 bits per heavy atom. The highest BCUT2D eigenvalue weighted by Crippen LogP contribution is 2.36.